The molecule has 5 nitrogen and oxygen atoms in total. The van der Waals surface area contributed by atoms with Crippen LogP contribution in [0.25, 0.3) is 0 Å². The Labute approximate surface area is 109 Å². The Morgan fingerprint density at radius 3 is 3.06 bits per heavy atom. The van der Waals surface area contributed by atoms with Crippen LogP contribution in [0.3, 0.4) is 0 Å². The minimum absolute atomic E-state index is 0.140. The van der Waals surface area contributed by atoms with Gasteiger partial charge >= 0.3 is 0 Å². The first-order chi connectivity index (χ1) is 8.66. The number of nitrogen functional groups attached to an aromatic ring is 1. The van der Waals surface area contributed by atoms with Crippen LogP contribution in [0.1, 0.15) is 5.56 Å². The van der Waals surface area contributed by atoms with Crippen LogP contribution in [0.5, 0.6) is 0 Å². The molecule has 0 fully saturated rings. The highest BCUT2D eigenvalue weighted by molar-refractivity contribution is 7.99. The number of nitrogens with two attached hydrogens (primary N) is 1. The molecule has 0 aliphatic carbocycles. The molecule has 0 bridgehead atoms. The number of rotatable bonds is 4. The van der Waals surface area contributed by atoms with Gasteiger partial charge in [0.25, 0.3) is 5.22 Å². The minimum Gasteiger partial charge on any atom is -0.440 e. The summed E-state index contributed by atoms with van der Waals surface area (Å²) in [4.78, 5) is 15.7. The Morgan fingerprint density at radius 2 is 2.39 bits per heavy atom. The normalized spacial score (nSPS) is 10.3. The molecule has 6 heteroatoms. The molecule has 0 aliphatic heterocycles. The molecule has 2 aromatic rings. The van der Waals surface area contributed by atoms with Gasteiger partial charge in [-0.25, -0.2) is 4.98 Å². The summed E-state index contributed by atoms with van der Waals surface area (Å²) in [7, 11) is 0. The van der Waals surface area contributed by atoms with Crippen LogP contribution in [0, 0.1) is 6.92 Å². The van der Waals surface area contributed by atoms with Gasteiger partial charge in [0.2, 0.25) is 5.91 Å². The van der Waals surface area contributed by atoms with E-state index >= 15 is 0 Å². The molecule has 1 heterocycles. The number of hydrogen-bond donors (Lipinski definition) is 2. The van der Waals surface area contributed by atoms with Crippen molar-refractivity contribution in [2.24, 2.45) is 0 Å². The Balaban J connectivity index is 1.95. The summed E-state index contributed by atoms with van der Waals surface area (Å²) in [6.45, 7) is 1.90. The number of amides is 1. The molecule has 94 valence electrons. The molecule has 1 aromatic carbocycles. The molecular weight excluding hydrogens is 250 g/mol. The van der Waals surface area contributed by atoms with Crippen LogP contribution in [0.2, 0.25) is 0 Å². The number of para-hydroxylation sites is 1. The van der Waals surface area contributed by atoms with Gasteiger partial charge in [0.1, 0.15) is 6.26 Å². The summed E-state index contributed by atoms with van der Waals surface area (Å²) in [6.07, 6.45) is 3.01. The monoisotopic (exact) mass is 263 g/mol. The maximum absolute atomic E-state index is 11.8. The third-order valence-electron chi connectivity index (χ3n) is 2.31. The predicted molar refractivity (Wildman–Crippen MR) is 71.4 cm³/mol. The lowest BCUT2D eigenvalue weighted by molar-refractivity contribution is -0.113. The van der Waals surface area contributed by atoms with E-state index in [1.807, 2.05) is 19.1 Å². The first kappa shape index (κ1) is 12.5. The van der Waals surface area contributed by atoms with Gasteiger partial charge in [-0.3, -0.25) is 4.79 Å². The molecule has 0 saturated carbocycles. The van der Waals surface area contributed by atoms with Crippen LogP contribution in [-0.2, 0) is 4.79 Å². The number of nitrogens with one attached hydrogen (secondary N) is 1. The van der Waals surface area contributed by atoms with Crippen LogP contribution in [0.15, 0.2) is 40.3 Å². The summed E-state index contributed by atoms with van der Waals surface area (Å²) >= 11 is 1.24. The number of benzene rings is 1. The van der Waals surface area contributed by atoms with Crippen molar-refractivity contribution in [1.82, 2.24) is 4.98 Å². The molecule has 0 radical (unpaired) electrons. The first-order valence-electron chi connectivity index (χ1n) is 5.34. The fourth-order valence-electron chi connectivity index (χ4n) is 1.45. The molecule has 0 unspecified atom stereocenters. The second-order valence-electron chi connectivity index (χ2n) is 3.67. The fraction of sp³-hybridized carbons (Fsp3) is 0.167. The van der Waals surface area contributed by atoms with Gasteiger partial charge in [0.05, 0.1) is 23.3 Å². The summed E-state index contributed by atoms with van der Waals surface area (Å²) in [5.41, 5.74) is 7.96. The minimum atomic E-state index is -0.140. The standard InChI is InChI=1S/C12H13N3O2S/c1-8-3-2-4-9(13)11(8)15-10(16)7-18-12-14-5-6-17-12/h2-6H,7,13H2,1H3,(H,15,16). The van der Waals surface area contributed by atoms with Crippen molar-refractivity contribution >= 4 is 29.0 Å². The van der Waals surface area contributed by atoms with Crippen molar-refractivity contribution in [2.75, 3.05) is 16.8 Å². The largest absolute Gasteiger partial charge is 0.440 e. The van der Waals surface area contributed by atoms with Crippen LogP contribution in [-0.4, -0.2) is 16.6 Å². The van der Waals surface area contributed by atoms with Crippen LogP contribution >= 0.6 is 11.8 Å². The summed E-state index contributed by atoms with van der Waals surface area (Å²) in [5, 5.41) is 3.26. The van der Waals surface area contributed by atoms with Crippen molar-refractivity contribution in [3.05, 3.63) is 36.2 Å². The number of anilines is 2. The lowest BCUT2D eigenvalue weighted by Gasteiger charge is -2.10. The fourth-order valence-corrected chi connectivity index (χ4v) is 2.03. The van der Waals surface area contributed by atoms with E-state index in [4.69, 9.17) is 10.2 Å². The molecule has 0 saturated heterocycles. The second kappa shape index (κ2) is 5.59. The van der Waals surface area contributed by atoms with E-state index in [0.717, 1.165) is 5.56 Å². The molecule has 2 rings (SSSR count). The molecular formula is C12H13N3O2S. The Kier molecular flexibility index (Phi) is 3.88. The maximum atomic E-state index is 11.8. The third kappa shape index (κ3) is 3.04. The molecule has 1 aromatic heterocycles. The van der Waals surface area contributed by atoms with Gasteiger partial charge in [-0.1, -0.05) is 23.9 Å². The Bertz CT molecular complexity index is 520. The van der Waals surface area contributed by atoms with E-state index in [1.54, 1.807) is 12.3 Å². The lowest BCUT2D eigenvalue weighted by Crippen LogP contribution is -2.16. The number of thioether (sulfide) groups is 1. The van der Waals surface area contributed by atoms with E-state index in [2.05, 4.69) is 10.3 Å². The predicted octanol–water partition coefficient (Wildman–Crippen LogP) is 2.30. The number of carbonyl (C=O) groups is 1. The van der Waals surface area contributed by atoms with E-state index in [9.17, 15) is 4.79 Å². The molecule has 1 amide bonds. The number of aryl methyl sites for hydroxylation is 1. The smallest absolute Gasteiger partial charge is 0.256 e. The second-order valence-corrected chi connectivity index (χ2v) is 4.60. The van der Waals surface area contributed by atoms with Gasteiger partial charge in [-0.2, -0.15) is 0 Å². The number of hydrogen-bond acceptors (Lipinski definition) is 5. The molecule has 0 atom stereocenters. The van der Waals surface area contributed by atoms with Crippen molar-refractivity contribution < 1.29 is 9.21 Å². The van der Waals surface area contributed by atoms with E-state index < -0.39 is 0 Å². The van der Waals surface area contributed by atoms with E-state index in [1.165, 1.54) is 18.0 Å². The highest BCUT2D eigenvalue weighted by Crippen LogP contribution is 2.23. The van der Waals surface area contributed by atoms with Crippen LogP contribution < -0.4 is 11.1 Å². The summed E-state index contributed by atoms with van der Waals surface area (Å²) in [5.74, 6) is 0.0908. The number of aromatic nitrogens is 1. The number of carbonyl (C=O) groups excluding carboxylic acids is 1. The van der Waals surface area contributed by atoms with Gasteiger partial charge < -0.3 is 15.5 Å². The van der Waals surface area contributed by atoms with Gasteiger partial charge in [0.15, 0.2) is 0 Å². The highest BCUT2D eigenvalue weighted by Gasteiger charge is 2.09. The first-order valence-corrected chi connectivity index (χ1v) is 6.32. The number of nitrogens with zero attached hydrogens (tertiary/aromatic N) is 1. The molecule has 18 heavy (non-hydrogen) atoms. The van der Waals surface area contributed by atoms with Crippen molar-refractivity contribution in [3.63, 3.8) is 0 Å². The Hall–Kier alpha value is -1.95. The maximum Gasteiger partial charge on any atom is 0.256 e. The zero-order valence-electron chi connectivity index (χ0n) is 9.84. The van der Waals surface area contributed by atoms with Crippen molar-refractivity contribution in [2.45, 2.75) is 12.1 Å². The lowest BCUT2D eigenvalue weighted by atomic mass is 10.1. The molecule has 3 N–H and O–H groups in total. The Morgan fingerprint density at radius 1 is 1.56 bits per heavy atom. The zero-order valence-corrected chi connectivity index (χ0v) is 10.7. The number of oxazole rings is 1. The average Bonchev–Trinajstić information content (AvgIpc) is 2.84. The molecule has 0 spiro atoms. The van der Waals surface area contributed by atoms with E-state index in [0.29, 0.717) is 16.6 Å². The van der Waals surface area contributed by atoms with E-state index in [-0.39, 0.29) is 11.7 Å². The SMILES string of the molecule is Cc1cccc(N)c1NC(=O)CSc1ncco1. The topological polar surface area (TPSA) is 81.1 Å². The quantitative estimate of drug-likeness (QED) is 0.653. The van der Waals surface area contributed by atoms with Crippen LogP contribution in [0.4, 0.5) is 11.4 Å². The van der Waals surface area contributed by atoms with Crippen molar-refractivity contribution in [3.8, 4) is 0 Å². The van der Waals surface area contributed by atoms with Gasteiger partial charge in [0, 0.05) is 0 Å². The zero-order chi connectivity index (χ0) is 13.0. The van der Waals surface area contributed by atoms with Crippen molar-refractivity contribution in [1.29, 1.82) is 0 Å². The average molecular weight is 263 g/mol. The third-order valence-corrected chi connectivity index (χ3v) is 3.16. The molecule has 0 aliphatic rings. The van der Waals surface area contributed by atoms with Gasteiger partial charge in [-0.05, 0) is 18.6 Å². The summed E-state index contributed by atoms with van der Waals surface area (Å²) in [6, 6.07) is 5.50. The van der Waals surface area contributed by atoms with Gasteiger partial charge in [-0.15, -0.1) is 0 Å². The summed E-state index contributed by atoms with van der Waals surface area (Å²) < 4.78 is 5.03. The highest BCUT2D eigenvalue weighted by atomic mass is 32.2.